The van der Waals surface area contributed by atoms with E-state index in [1.807, 2.05) is 0 Å². The molecule has 0 amide bonds. The summed E-state index contributed by atoms with van der Waals surface area (Å²) >= 11 is 5.90. The Morgan fingerprint density at radius 3 is 2.93 bits per heavy atom. The highest BCUT2D eigenvalue weighted by molar-refractivity contribution is 6.31. The monoisotopic (exact) mass is 213 g/mol. The van der Waals surface area contributed by atoms with Crippen molar-refractivity contribution in [3.63, 3.8) is 0 Å². The van der Waals surface area contributed by atoms with Crippen LogP contribution in [0.2, 0.25) is 5.02 Å². The minimum Gasteiger partial charge on any atom is -0.324 e. The Balaban J connectivity index is 2.82. The quantitative estimate of drug-likeness (QED) is 0.762. The molecule has 0 radical (unpaired) electrons. The van der Waals surface area contributed by atoms with E-state index in [4.69, 9.17) is 17.3 Å². The topological polar surface area (TPSA) is 26.0 Å². The zero-order valence-corrected chi connectivity index (χ0v) is 8.60. The summed E-state index contributed by atoms with van der Waals surface area (Å²) in [5.41, 5.74) is 6.51. The van der Waals surface area contributed by atoms with Crippen molar-refractivity contribution in [2.45, 2.75) is 18.9 Å². The Bertz CT molecular complexity index is 325. The van der Waals surface area contributed by atoms with Gasteiger partial charge in [0.1, 0.15) is 5.82 Å². The van der Waals surface area contributed by atoms with Crippen molar-refractivity contribution in [3.05, 3.63) is 47.3 Å². The van der Waals surface area contributed by atoms with Crippen LogP contribution in [-0.4, -0.2) is 0 Å². The first-order chi connectivity index (χ1) is 6.65. The maximum atomic E-state index is 12.9. The Kier molecular flexibility index (Phi) is 4.11. The van der Waals surface area contributed by atoms with Gasteiger partial charge in [-0.2, -0.15) is 0 Å². The van der Waals surface area contributed by atoms with Crippen LogP contribution in [0, 0.1) is 5.82 Å². The van der Waals surface area contributed by atoms with Gasteiger partial charge in [-0.3, -0.25) is 0 Å². The fourth-order valence-electron chi connectivity index (χ4n) is 1.25. The maximum absolute atomic E-state index is 12.9. The third kappa shape index (κ3) is 2.82. The predicted octanol–water partition coefficient (Wildman–Crippen LogP) is 3.45. The lowest BCUT2D eigenvalue weighted by molar-refractivity contribution is 0.611. The van der Waals surface area contributed by atoms with Crippen LogP contribution in [0.25, 0.3) is 0 Å². The van der Waals surface area contributed by atoms with E-state index in [1.165, 1.54) is 18.2 Å². The molecule has 0 bridgehead atoms. The van der Waals surface area contributed by atoms with Gasteiger partial charge in [0.05, 0.1) is 0 Å². The van der Waals surface area contributed by atoms with E-state index in [0.717, 1.165) is 12.8 Å². The van der Waals surface area contributed by atoms with Crippen LogP contribution in [0.3, 0.4) is 0 Å². The molecule has 0 saturated heterocycles. The maximum Gasteiger partial charge on any atom is 0.123 e. The zero-order valence-electron chi connectivity index (χ0n) is 7.84. The second-order valence-electron chi connectivity index (χ2n) is 3.14. The molecule has 3 heteroatoms. The zero-order chi connectivity index (χ0) is 10.6. The van der Waals surface area contributed by atoms with Gasteiger partial charge in [-0.05, 0) is 36.6 Å². The lowest BCUT2D eigenvalue weighted by atomic mass is 10.0. The molecule has 76 valence electrons. The molecule has 0 aromatic heterocycles. The number of allylic oxidation sites excluding steroid dienone is 1. The van der Waals surface area contributed by atoms with Gasteiger partial charge < -0.3 is 5.73 Å². The minimum atomic E-state index is -0.307. The van der Waals surface area contributed by atoms with Crippen molar-refractivity contribution in [2.75, 3.05) is 0 Å². The van der Waals surface area contributed by atoms with Crippen molar-refractivity contribution in [1.29, 1.82) is 0 Å². The van der Waals surface area contributed by atoms with Gasteiger partial charge in [0, 0.05) is 11.1 Å². The molecule has 1 aromatic rings. The second-order valence-corrected chi connectivity index (χ2v) is 3.55. The van der Waals surface area contributed by atoms with Crippen LogP contribution >= 0.6 is 11.6 Å². The van der Waals surface area contributed by atoms with Crippen molar-refractivity contribution in [2.24, 2.45) is 5.73 Å². The molecule has 1 rings (SSSR count). The fourth-order valence-corrected chi connectivity index (χ4v) is 1.51. The SMILES string of the molecule is C=CCC[C@@H](N)c1cc(F)ccc1Cl. The van der Waals surface area contributed by atoms with Crippen molar-refractivity contribution in [3.8, 4) is 0 Å². The van der Waals surface area contributed by atoms with Gasteiger partial charge in [0.2, 0.25) is 0 Å². The molecule has 0 aliphatic carbocycles. The molecular formula is C11H13ClFN. The average molecular weight is 214 g/mol. The van der Waals surface area contributed by atoms with E-state index in [2.05, 4.69) is 6.58 Å². The van der Waals surface area contributed by atoms with Crippen molar-refractivity contribution in [1.82, 2.24) is 0 Å². The second kappa shape index (κ2) is 5.13. The molecule has 14 heavy (non-hydrogen) atoms. The highest BCUT2D eigenvalue weighted by Crippen LogP contribution is 2.25. The van der Waals surface area contributed by atoms with E-state index in [0.29, 0.717) is 10.6 Å². The Morgan fingerprint density at radius 2 is 2.29 bits per heavy atom. The third-order valence-corrected chi connectivity index (χ3v) is 2.38. The summed E-state index contributed by atoms with van der Waals surface area (Å²) < 4.78 is 12.9. The highest BCUT2D eigenvalue weighted by atomic mass is 35.5. The molecule has 2 N–H and O–H groups in total. The van der Waals surface area contributed by atoms with Crippen LogP contribution in [-0.2, 0) is 0 Å². The summed E-state index contributed by atoms with van der Waals surface area (Å²) in [6.45, 7) is 3.60. The van der Waals surface area contributed by atoms with Crippen molar-refractivity contribution >= 4 is 11.6 Å². The third-order valence-electron chi connectivity index (χ3n) is 2.04. The van der Waals surface area contributed by atoms with E-state index >= 15 is 0 Å². The lowest BCUT2D eigenvalue weighted by Crippen LogP contribution is -2.10. The number of benzene rings is 1. The Hall–Kier alpha value is -0.860. The molecule has 0 heterocycles. The largest absolute Gasteiger partial charge is 0.324 e. The molecule has 0 saturated carbocycles. The molecule has 0 spiro atoms. The van der Waals surface area contributed by atoms with Gasteiger partial charge in [0.15, 0.2) is 0 Å². The Labute approximate surface area is 88.4 Å². The molecule has 0 unspecified atom stereocenters. The summed E-state index contributed by atoms with van der Waals surface area (Å²) in [4.78, 5) is 0. The summed E-state index contributed by atoms with van der Waals surface area (Å²) in [6, 6.07) is 4.01. The van der Waals surface area contributed by atoms with Gasteiger partial charge in [-0.25, -0.2) is 4.39 Å². The molecule has 1 aromatic carbocycles. The lowest BCUT2D eigenvalue weighted by Gasteiger charge is -2.12. The van der Waals surface area contributed by atoms with Crippen LogP contribution < -0.4 is 5.73 Å². The number of halogens is 2. The van der Waals surface area contributed by atoms with E-state index in [9.17, 15) is 4.39 Å². The summed E-state index contributed by atoms with van der Waals surface area (Å²) in [5, 5.41) is 0.517. The van der Waals surface area contributed by atoms with Crippen LogP contribution in [0.4, 0.5) is 4.39 Å². The first kappa shape index (κ1) is 11.2. The molecule has 0 aliphatic rings. The van der Waals surface area contributed by atoms with Gasteiger partial charge >= 0.3 is 0 Å². The van der Waals surface area contributed by atoms with E-state index in [1.54, 1.807) is 6.08 Å². The summed E-state index contributed by atoms with van der Waals surface area (Å²) in [5.74, 6) is -0.307. The van der Waals surface area contributed by atoms with Gasteiger partial charge in [-0.15, -0.1) is 6.58 Å². The molecule has 0 fully saturated rings. The van der Waals surface area contributed by atoms with E-state index < -0.39 is 0 Å². The van der Waals surface area contributed by atoms with E-state index in [-0.39, 0.29) is 11.9 Å². The summed E-state index contributed by atoms with van der Waals surface area (Å²) in [7, 11) is 0. The Morgan fingerprint density at radius 1 is 1.57 bits per heavy atom. The number of rotatable bonds is 4. The van der Waals surface area contributed by atoms with Crippen LogP contribution in [0.5, 0.6) is 0 Å². The smallest absolute Gasteiger partial charge is 0.123 e. The normalized spacial score (nSPS) is 12.5. The standard InChI is InChI=1S/C11H13ClFN/c1-2-3-4-11(14)9-7-8(13)5-6-10(9)12/h2,5-7,11H,1,3-4,14H2/t11-/m1/s1. The molecule has 1 atom stereocenters. The molecular weight excluding hydrogens is 201 g/mol. The first-order valence-electron chi connectivity index (χ1n) is 4.46. The predicted molar refractivity (Wildman–Crippen MR) is 57.8 cm³/mol. The highest BCUT2D eigenvalue weighted by Gasteiger charge is 2.10. The molecule has 1 nitrogen and oxygen atoms in total. The number of hydrogen-bond acceptors (Lipinski definition) is 1. The van der Waals surface area contributed by atoms with Crippen LogP contribution in [0.1, 0.15) is 24.4 Å². The fraction of sp³-hybridized carbons (Fsp3) is 0.273. The number of hydrogen-bond donors (Lipinski definition) is 1. The first-order valence-corrected chi connectivity index (χ1v) is 4.84. The van der Waals surface area contributed by atoms with Crippen LogP contribution in [0.15, 0.2) is 30.9 Å². The minimum absolute atomic E-state index is 0.226. The van der Waals surface area contributed by atoms with Crippen molar-refractivity contribution < 1.29 is 4.39 Å². The average Bonchev–Trinajstić information content (AvgIpc) is 2.18. The van der Waals surface area contributed by atoms with Gasteiger partial charge in [0.25, 0.3) is 0 Å². The van der Waals surface area contributed by atoms with Gasteiger partial charge in [-0.1, -0.05) is 17.7 Å². The number of nitrogens with two attached hydrogens (primary N) is 1. The summed E-state index contributed by atoms with van der Waals surface area (Å²) in [6.07, 6.45) is 3.31. The molecule has 0 aliphatic heterocycles.